The van der Waals surface area contributed by atoms with Crippen LogP contribution in [0.1, 0.15) is 17.5 Å². The van der Waals surface area contributed by atoms with Crippen molar-refractivity contribution in [3.63, 3.8) is 0 Å². The van der Waals surface area contributed by atoms with Crippen molar-refractivity contribution in [3.05, 3.63) is 35.4 Å². The maximum absolute atomic E-state index is 8.78. The predicted molar refractivity (Wildman–Crippen MR) is 59.0 cm³/mol. The lowest BCUT2D eigenvalue weighted by atomic mass is 10.1. The molecule has 15 heavy (non-hydrogen) atoms. The van der Waals surface area contributed by atoms with Crippen LogP contribution < -0.4 is 5.73 Å². The highest BCUT2D eigenvalue weighted by Crippen LogP contribution is 2.13. The molecule has 0 radical (unpaired) electrons. The topological polar surface area (TPSA) is 53.0 Å². The van der Waals surface area contributed by atoms with Crippen molar-refractivity contribution < 1.29 is 0 Å². The van der Waals surface area contributed by atoms with Crippen molar-refractivity contribution in [1.29, 1.82) is 5.26 Å². The molecule has 0 aromatic heterocycles. The number of nitriles is 1. The minimum absolute atomic E-state index is 0.323. The number of nitrogens with two attached hydrogens (primary N) is 1. The number of rotatable bonds is 2. The molecule has 3 nitrogen and oxygen atoms in total. The molecule has 1 fully saturated rings. The lowest BCUT2D eigenvalue weighted by Gasteiger charge is -2.14. The molecule has 0 bridgehead atoms. The van der Waals surface area contributed by atoms with Gasteiger partial charge in [0.15, 0.2) is 0 Å². The Balaban J connectivity index is 2.02. The smallest absolute Gasteiger partial charge is 0.0991 e. The molecule has 2 rings (SSSR count). The highest BCUT2D eigenvalue weighted by Gasteiger charge is 2.18. The summed E-state index contributed by atoms with van der Waals surface area (Å²) in [5.41, 5.74) is 7.77. The first-order valence-electron chi connectivity index (χ1n) is 5.25. The van der Waals surface area contributed by atoms with Crippen LogP contribution >= 0.6 is 0 Å². The van der Waals surface area contributed by atoms with Gasteiger partial charge in [0.2, 0.25) is 0 Å². The van der Waals surface area contributed by atoms with Crippen LogP contribution in [0.4, 0.5) is 0 Å². The van der Waals surface area contributed by atoms with Crippen LogP contribution in [0, 0.1) is 11.3 Å². The summed E-state index contributed by atoms with van der Waals surface area (Å²) in [6.45, 7) is 2.94. The zero-order valence-electron chi connectivity index (χ0n) is 8.69. The minimum Gasteiger partial charge on any atom is -0.326 e. The molecule has 2 N–H and O–H groups in total. The minimum atomic E-state index is 0.323. The van der Waals surface area contributed by atoms with E-state index >= 15 is 0 Å². The van der Waals surface area contributed by atoms with Gasteiger partial charge in [-0.25, -0.2) is 0 Å². The summed E-state index contributed by atoms with van der Waals surface area (Å²) in [7, 11) is 0. The summed E-state index contributed by atoms with van der Waals surface area (Å²) >= 11 is 0. The van der Waals surface area contributed by atoms with Crippen molar-refractivity contribution in [2.75, 3.05) is 13.1 Å². The van der Waals surface area contributed by atoms with Crippen LogP contribution in [0.3, 0.4) is 0 Å². The van der Waals surface area contributed by atoms with E-state index in [0.717, 1.165) is 31.6 Å². The van der Waals surface area contributed by atoms with Crippen molar-refractivity contribution in [1.82, 2.24) is 4.90 Å². The van der Waals surface area contributed by atoms with Gasteiger partial charge in [-0.3, -0.25) is 4.90 Å². The molecule has 1 saturated heterocycles. The third kappa shape index (κ3) is 2.56. The summed E-state index contributed by atoms with van der Waals surface area (Å²) < 4.78 is 0. The number of nitrogens with zero attached hydrogens (tertiary/aromatic N) is 2. The highest BCUT2D eigenvalue weighted by molar-refractivity contribution is 5.32. The Morgan fingerprint density at radius 3 is 3.07 bits per heavy atom. The van der Waals surface area contributed by atoms with E-state index in [2.05, 4.69) is 17.0 Å². The number of hydrogen-bond donors (Lipinski definition) is 1. The first-order valence-corrected chi connectivity index (χ1v) is 5.25. The molecule has 0 amide bonds. The van der Waals surface area contributed by atoms with E-state index < -0.39 is 0 Å². The lowest BCUT2D eigenvalue weighted by Crippen LogP contribution is -2.26. The zero-order chi connectivity index (χ0) is 10.7. The molecular weight excluding hydrogens is 186 g/mol. The standard InChI is InChI=1S/C12H15N3/c13-7-10-2-1-3-11(6-10)8-15-5-4-12(14)9-15/h1-3,6,12H,4-5,8-9,14H2. The van der Waals surface area contributed by atoms with Gasteiger partial charge < -0.3 is 5.73 Å². The molecule has 3 heteroatoms. The fraction of sp³-hybridized carbons (Fsp3) is 0.417. The summed E-state index contributed by atoms with van der Waals surface area (Å²) in [4.78, 5) is 2.33. The molecule has 78 valence electrons. The molecule has 0 saturated carbocycles. The first-order chi connectivity index (χ1) is 7.28. The average Bonchev–Trinajstić information content (AvgIpc) is 2.64. The Labute approximate surface area is 90.1 Å². The van der Waals surface area contributed by atoms with Gasteiger partial charge in [0.25, 0.3) is 0 Å². The SMILES string of the molecule is N#Cc1cccc(CN2CCC(N)C2)c1. The Kier molecular flexibility index (Phi) is 3.00. The van der Waals surface area contributed by atoms with Gasteiger partial charge in [-0.2, -0.15) is 5.26 Å². The Morgan fingerprint density at radius 2 is 2.40 bits per heavy atom. The van der Waals surface area contributed by atoms with E-state index in [1.807, 2.05) is 18.2 Å². The highest BCUT2D eigenvalue weighted by atomic mass is 15.2. The molecular formula is C12H15N3. The molecule has 1 aromatic carbocycles. The summed E-state index contributed by atoms with van der Waals surface area (Å²) in [6, 6.07) is 10.3. The van der Waals surface area contributed by atoms with Gasteiger partial charge in [-0.15, -0.1) is 0 Å². The summed E-state index contributed by atoms with van der Waals surface area (Å²) in [6.07, 6.45) is 1.08. The molecule has 1 atom stereocenters. The van der Waals surface area contributed by atoms with Crippen LogP contribution in [0.15, 0.2) is 24.3 Å². The van der Waals surface area contributed by atoms with Gasteiger partial charge in [0.1, 0.15) is 0 Å². The largest absolute Gasteiger partial charge is 0.326 e. The molecule has 1 aliphatic rings. The fourth-order valence-corrected chi connectivity index (χ4v) is 2.00. The van der Waals surface area contributed by atoms with Crippen molar-refractivity contribution in [2.45, 2.75) is 19.0 Å². The van der Waals surface area contributed by atoms with Gasteiger partial charge in [0.05, 0.1) is 11.6 Å². The third-order valence-corrected chi connectivity index (χ3v) is 2.77. The van der Waals surface area contributed by atoms with E-state index in [0.29, 0.717) is 6.04 Å². The van der Waals surface area contributed by atoms with Gasteiger partial charge in [0, 0.05) is 25.7 Å². The second kappa shape index (κ2) is 4.43. The fourth-order valence-electron chi connectivity index (χ4n) is 2.00. The Morgan fingerprint density at radius 1 is 1.53 bits per heavy atom. The van der Waals surface area contributed by atoms with Crippen LogP contribution in [0.5, 0.6) is 0 Å². The average molecular weight is 201 g/mol. The van der Waals surface area contributed by atoms with Gasteiger partial charge in [-0.05, 0) is 24.1 Å². The zero-order valence-corrected chi connectivity index (χ0v) is 8.69. The van der Waals surface area contributed by atoms with Crippen LogP contribution in [0.2, 0.25) is 0 Å². The van der Waals surface area contributed by atoms with Gasteiger partial charge >= 0.3 is 0 Å². The normalized spacial score (nSPS) is 21.5. The Hall–Kier alpha value is -1.37. The van der Waals surface area contributed by atoms with Crippen LogP contribution in [0.25, 0.3) is 0 Å². The number of hydrogen-bond acceptors (Lipinski definition) is 3. The predicted octanol–water partition coefficient (Wildman–Crippen LogP) is 1.09. The van der Waals surface area contributed by atoms with Gasteiger partial charge in [-0.1, -0.05) is 12.1 Å². The summed E-state index contributed by atoms with van der Waals surface area (Å²) in [5, 5.41) is 8.78. The molecule has 1 aromatic rings. The van der Waals surface area contributed by atoms with Crippen molar-refractivity contribution in [2.24, 2.45) is 5.73 Å². The van der Waals surface area contributed by atoms with Crippen molar-refractivity contribution >= 4 is 0 Å². The second-order valence-electron chi connectivity index (χ2n) is 4.10. The molecule has 1 aliphatic heterocycles. The second-order valence-corrected chi connectivity index (χ2v) is 4.10. The van der Waals surface area contributed by atoms with Crippen LogP contribution in [-0.2, 0) is 6.54 Å². The Bertz CT molecular complexity index is 381. The van der Waals surface area contributed by atoms with E-state index in [-0.39, 0.29) is 0 Å². The van der Waals surface area contributed by atoms with E-state index in [4.69, 9.17) is 11.0 Å². The van der Waals surface area contributed by atoms with E-state index in [9.17, 15) is 0 Å². The van der Waals surface area contributed by atoms with E-state index in [1.54, 1.807) is 0 Å². The molecule has 0 aliphatic carbocycles. The molecule has 1 unspecified atom stereocenters. The van der Waals surface area contributed by atoms with Crippen molar-refractivity contribution in [3.8, 4) is 6.07 Å². The first kappa shape index (κ1) is 10.2. The lowest BCUT2D eigenvalue weighted by molar-refractivity contribution is 0.327. The van der Waals surface area contributed by atoms with E-state index in [1.165, 1.54) is 5.56 Å². The maximum Gasteiger partial charge on any atom is 0.0991 e. The molecule has 1 heterocycles. The quantitative estimate of drug-likeness (QED) is 0.779. The maximum atomic E-state index is 8.78. The van der Waals surface area contributed by atoms with Crippen LogP contribution in [-0.4, -0.2) is 24.0 Å². The summed E-state index contributed by atoms with van der Waals surface area (Å²) in [5.74, 6) is 0. The molecule has 0 spiro atoms. The third-order valence-electron chi connectivity index (χ3n) is 2.77. The number of likely N-dealkylation sites (tertiary alicyclic amines) is 1. The number of benzene rings is 1. The monoisotopic (exact) mass is 201 g/mol.